The number of hydrogen-bond donors (Lipinski definition) is 1. The Kier molecular flexibility index (Phi) is 3.66. The average Bonchev–Trinajstić information content (AvgIpc) is 2.89. The van der Waals surface area contributed by atoms with Gasteiger partial charge in [0, 0.05) is 19.1 Å². The number of carbonyl (C=O) groups is 1. The summed E-state index contributed by atoms with van der Waals surface area (Å²) in [5.74, 6) is 0.344. The Morgan fingerprint density at radius 1 is 1.47 bits per heavy atom. The normalized spacial score (nSPS) is 34.2. The molecule has 1 unspecified atom stereocenters. The Balaban J connectivity index is 0.00000108. The zero-order chi connectivity index (χ0) is 11.2. The van der Waals surface area contributed by atoms with Crippen molar-refractivity contribution < 1.29 is 4.79 Å². The minimum absolute atomic E-state index is 0. The molecule has 2 saturated heterocycles. The van der Waals surface area contributed by atoms with Crippen molar-refractivity contribution in [1.29, 1.82) is 0 Å². The van der Waals surface area contributed by atoms with Crippen LogP contribution in [0.25, 0.3) is 0 Å². The molecule has 1 saturated carbocycles. The minimum Gasteiger partial charge on any atom is -0.326 e. The molecule has 0 aromatic rings. The van der Waals surface area contributed by atoms with Gasteiger partial charge in [0.05, 0.1) is 13.2 Å². The summed E-state index contributed by atoms with van der Waals surface area (Å²) in [6.07, 6.45) is 3.68. The van der Waals surface area contributed by atoms with E-state index in [2.05, 4.69) is 22.0 Å². The highest BCUT2D eigenvalue weighted by atomic mass is 35.5. The summed E-state index contributed by atoms with van der Waals surface area (Å²) in [5.41, 5.74) is 0.375. The van der Waals surface area contributed by atoms with Crippen LogP contribution in [0, 0.1) is 5.41 Å². The second kappa shape index (κ2) is 4.75. The van der Waals surface area contributed by atoms with Gasteiger partial charge < -0.3 is 10.2 Å². The summed E-state index contributed by atoms with van der Waals surface area (Å²) >= 11 is 0. The zero-order valence-corrected chi connectivity index (χ0v) is 11.3. The smallest absolute Gasteiger partial charge is 0.238 e. The van der Waals surface area contributed by atoms with Gasteiger partial charge in [-0.15, -0.1) is 12.4 Å². The first-order valence-electron chi connectivity index (χ1n) is 6.39. The average molecular weight is 260 g/mol. The predicted molar refractivity (Wildman–Crippen MR) is 69.1 cm³/mol. The maximum Gasteiger partial charge on any atom is 0.238 e. The quantitative estimate of drug-likeness (QED) is 0.809. The van der Waals surface area contributed by atoms with Crippen LogP contribution in [0.15, 0.2) is 0 Å². The largest absolute Gasteiger partial charge is 0.326 e. The van der Waals surface area contributed by atoms with E-state index in [1.807, 2.05) is 0 Å². The number of nitrogens with zero attached hydrogens (tertiary/aromatic N) is 2. The summed E-state index contributed by atoms with van der Waals surface area (Å²) in [4.78, 5) is 16.2. The van der Waals surface area contributed by atoms with Gasteiger partial charge in [0.25, 0.3) is 0 Å². The lowest BCUT2D eigenvalue weighted by Crippen LogP contribution is -2.37. The number of rotatable bonds is 3. The highest BCUT2D eigenvalue weighted by Gasteiger charge is 2.40. The highest BCUT2D eigenvalue weighted by molar-refractivity contribution is 5.85. The lowest BCUT2D eigenvalue weighted by Gasteiger charge is -2.28. The topological polar surface area (TPSA) is 35.6 Å². The van der Waals surface area contributed by atoms with Crippen LogP contribution >= 0.6 is 12.4 Å². The molecule has 0 aromatic heterocycles. The first-order valence-corrected chi connectivity index (χ1v) is 6.39. The fourth-order valence-electron chi connectivity index (χ4n) is 2.98. The Hall–Kier alpha value is -0.320. The van der Waals surface area contributed by atoms with Gasteiger partial charge in [-0.25, -0.2) is 0 Å². The molecule has 5 heteroatoms. The van der Waals surface area contributed by atoms with Crippen LogP contribution < -0.4 is 5.32 Å². The van der Waals surface area contributed by atoms with Crippen LogP contribution in [0.5, 0.6) is 0 Å². The van der Waals surface area contributed by atoms with Crippen LogP contribution in [0.3, 0.4) is 0 Å². The molecule has 2 heterocycles. The summed E-state index contributed by atoms with van der Waals surface area (Å²) < 4.78 is 0. The van der Waals surface area contributed by atoms with E-state index in [4.69, 9.17) is 0 Å². The second-order valence-electron chi connectivity index (χ2n) is 5.96. The number of halogens is 1. The number of hydrogen-bond acceptors (Lipinski definition) is 3. The van der Waals surface area contributed by atoms with Crippen molar-refractivity contribution in [3.63, 3.8) is 0 Å². The lowest BCUT2D eigenvalue weighted by molar-refractivity contribution is -0.127. The molecule has 1 aliphatic carbocycles. The molecule has 0 radical (unpaired) electrons. The minimum atomic E-state index is 0. The number of nitrogens with one attached hydrogen (secondary N) is 1. The van der Waals surface area contributed by atoms with Crippen LogP contribution in [0.1, 0.15) is 26.2 Å². The van der Waals surface area contributed by atoms with Crippen LogP contribution in [0.2, 0.25) is 0 Å². The maximum atomic E-state index is 11.8. The molecule has 1 amide bonds. The number of amides is 1. The van der Waals surface area contributed by atoms with Crippen molar-refractivity contribution in [1.82, 2.24) is 15.1 Å². The van der Waals surface area contributed by atoms with Crippen molar-refractivity contribution in [3.05, 3.63) is 0 Å². The van der Waals surface area contributed by atoms with Gasteiger partial charge in [0.2, 0.25) is 5.91 Å². The van der Waals surface area contributed by atoms with Crippen molar-refractivity contribution in [2.45, 2.75) is 32.2 Å². The van der Waals surface area contributed by atoms with Crippen LogP contribution in [-0.2, 0) is 4.79 Å². The summed E-state index contributed by atoms with van der Waals surface area (Å²) in [6, 6.07) is 0.576. The molecule has 0 spiro atoms. The third kappa shape index (κ3) is 2.75. The van der Waals surface area contributed by atoms with Crippen molar-refractivity contribution >= 4 is 18.3 Å². The fraction of sp³-hybridized carbons (Fsp3) is 0.917. The second-order valence-corrected chi connectivity index (χ2v) is 5.96. The van der Waals surface area contributed by atoms with E-state index in [0.29, 0.717) is 23.9 Å². The molecule has 4 nitrogen and oxygen atoms in total. The highest BCUT2D eigenvalue weighted by Crippen LogP contribution is 2.31. The van der Waals surface area contributed by atoms with Gasteiger partial charge in [0.15, 0.2) is 0 Å². The molecule has 3 fully saturated rings. The van der Waals surface area contributed by atoms with E-state index < -0.39 is 0 Å². The predicted octanol–water partition coefficient (Wildman–Crippen LogP) is 0.672. The Bertz CT molecular complexity index is 300. The van der Waals surface area contributed by atoms with E-state index >= 15 is 0 Å². The maximum absolute atomic E-state index is 11.8. The van der Waals surface area contributed by atoms with Crippen molar-refractivity contribution in [3.8, 4) is 0 Å². The standard InChI is InChI=1S/C12H21N3O.ClH/c1-12(4-5-13-7-12)8-14-6-11(16)15(9-14)10-2-3-10;/h10,13H,2-9H2,1H3;1H. The molecule has 2 aliphatic heterocycles. The summed E-state index contributed by atoms with van der Waals surface area (Å²) in [6.45, 7) is 7.14. The molecule has 0 aromatic carbocycles. The Labute approximate surface area is 109 Å². The van der Waals surface area contributed by atoms with Crippen LogP contribution in [-0.4, -0.2) is 54.6 Å². The molecule has 3 rings (SSSR count). The fourth-order valence-corrected chi connectivity index (χ4v) is 2.98. The third-order valence-electron chi connectivity index (χ3n) is 4.08. The van der Waals surface area contributed by atoms with E-state index in [-0.39, 0.29) is 12.4 Å². The van der Waals surface area contributed by atoms with Gasteiger partial charge in [-0.05, 0) is 31.2 Å². The van der Waals surface area contributed by atoms with Crippen molar-refractivity contribution in [2.75, 3.05) is 32.8 Å². The van der Waals surface area contributed by atoms with E-state index in [1.54, 1.807) is 0 Å². The molecule has 98 valence electrons. The Morgan fingerprint density at radius 3 is 2.82 bits per heavy atom. The third-order valence-corrected chi connectivity index (χ3v) is 4.08. The SMILES string of the molecule is CC1(CN2CC(=O)N(C3CC3)C2)CCNC1.Cl. The van der Waals surface area contributed by atoms with E-state index in [0.717, 1.165) is 26.3 Å². The first-order chi connectivity index (χ1) is 7.66. The summed E-state index contributed by atoms with van der Waals surface area (Å²) in [7, 11) is 0. The van der Waals surface area contributed by atoms with Gasteiger partial charge in [-0.2, -0.15) is 0 Å². The van der Waals surface area contributed by atoms with Crippen LogP contribution in [0.4, 0.5) is 0 Å². The molecule has 3 aliphatic rings. The van der Waals surface area contributed by atoms with Gasteiger partial charge in [-0.1, -0.05) is 6.92 Å². The van der Waals surface area contributed by atoms with Gasteiger partial charge in [0.1, 0.15) is 0 Å². The molecular weight excluding hydrogens is 238 g/mol. The molecular formula is C12H22ClN3O. The van der Waals surface area contributed by atoms with E-state index in [1.165, 1.54) is 19.3 Å². The zero-order valence-electron chi connectivity index (χ0n) is 10.4. The molecule has 1 N–H and O–H groups in total. The first kappa shape index (κ1) is 13.1. The van der Waals surface area contributed by atoms with E-state index in [9.17, 15) is 4.79 Å². The molecule has 17 heavy (non-hydrogen) atoms. The monoisotopic (exact) mass is 259 g/mol. The Morgan fingerprint density at radius 2 is 2.24 bits per heavy atom. The van der Waals surface area contributed by atoms with Gasteiger partial charge >= 0.3 is 0 Å². The number of carbonyl (C=O) groups excluding carboxylic acids is 1. The van der Waals surface area contributed by atoms with Gasteiger partial charge in [-0.3, -0.25) is 9.69 Å². The summed E-state index contributed by atoms with van der Waals surface area (Å²) in [5, 5.41) is 3.42. The molecule has 1 atom stereocenters. The molecule has 0 bridgehead atoms. The van der Waals surface area contributed by atoms with Crippen molar-refractivity contribution in [2.24, 2.45) is 5.41 Å². The lowest BCUT2D eigenvalue weighted by atomic mass is 9.89.